The van der Waals surface area contributed by atoms with Crippen LogP contribution in [0.2, 0.25) is 0 Å². The zero-order chi connectivity index (χ0) is 18.8. The van der Waals surface area contributed by atoms with Crippen LogP contribution in [0.25, 0.3) is 0 Å². The highest BCUT2D eigenvalue weighted by atomic mass is 28.2. The predicted molar refractivity (Wildman–Crippen MR) is 95.2 cm³/mol. The highest BCUT2D eigenvalue weighted by Gasteiger charge is 2.30. The van der Waals surface area contributed by atoms with Crippen molar-refractivity contribution >= 4 is 10.5 Å². The van der Waals surface area contributed by atoms with E-state index in [2.05, 4.69) is 0 Å². The molecule has 0 fully saturated rings. The van der Waals surface area contributed by atoms with Crippen LogP contribution < -0.4 is 0 Å². The van der Waals surface area contributed by atoms with E-state index in [1.807, 2.05) is 13.8 Å². The first-order valence-corrected chi connectivity index (χ1v) is 9.67. The van der Waals surface area contributed by atoms with Crippen LogP contribution in [0.1, 0.15) is 57.1 Å². The first-order valence-electron chi connectivity index (χ1n) is 8.86. The van der Waals surface area contributed by atoms with Crippen LogP contribution in [0.5, 0.6) is 0 Å². The SMILES string of the molecule is CCOC(CCCCCCc1ccc(C(F)(F)F)cc1)(O[SiH3])OCC. The molecular weight excluding hydrogens is 349 g/mol. The molecule has 3 nitrogen and oxygen atoms in total. The van der Waals surface area contributed by atoms with Gasteiger partial charge in [-0.15, -0.1) is 0 Å². The van der Waals surface area contributed by atoms with Crippen LogP contribution in [0, 0.1) is 0 Å². The van der Waals surface area contributed by atoms with E-state index in [-0.39, 0.29) is 0 Å². The summed E-state index contributed by atoms with van der Waals surface area (Å²) >= 11 is 0. The molecule has 0 aromatic heterocycles. The van der Waals surface area contributed by atoms with Gasteiger partial charge in [0.05, 0.1) is 5.56 Å². The number of halogens is 3. The number of aryl methyl sites for hydroxylation is 1. The number of ether oxygens (including phenoxy) is 2. The summed E-state index contributed by atoms with van der Waals surface area (Å²) in [5.41, 5.74) is 0.344. The standard InChI is InChI=1S/C18H29F3O3Si/c1-3-22-17(24-25,23-4-2)14-8-6-5-7-9-15-10-12-16(13-11-15)18(19,20)21/h10-13H,3-9,14H2,1-2,25H3. The van der Waals surface area contributed by atoms with Crippen molar-refractivity contribution in [3.63, 3.8) is 0 Å². The zero-order valence-corrected chi connectivity index (χ0v) is 17.3. The molecule has 0 bridgehead atoms. The first kappa shape index (κ1) is 22.1. The number of hydrogen-bond acceptors (Lipinski definition) is 3. The third-order valence-electron chi connectivity index (χ3n) is 4.02. The Hall–Kier alpha value is -0.893. The van der Waals surface area contributed by atoms with Gasteiger partial charge in [0.15, 0.2) is 10.5 Å². The van der Waals surface area contributed by atoms with Crippen LogP contribution in [0.4, 0.5) is 13.2 Å². The predicted octanol–water partition coefficient (Wildman–Crippen LogP) is 4.22. The Morgan fingerprint density at radius 1 is 0.880 bits per heavy atom. The average molecular weight is 379 g/mol. The third kappa shape index (κ3) is 7.90. The Labute approximate surface area is 151 Å². The summed E-state index contributed by atoms with van der Waals surface area (Å²) in [6.07, 6.45) is 1.11. The van der Waals surface area contributed by atoms with Crippen molar-refractivity contribution in [3.8, 4) is 0 Å². The molecule has 1 aromatic carbocycles. The minimum Gasteiger partial charge on any atom is -0.380 e. The average Bonchev–Trinajstić information content (AvgIpc) is 2.58. The fourth-order valence-corrected chi connectivity index (χ4v) is 3.17. The van der Waals surface area contributed by atoms with Gasteiger partial charge >= 0.3 is 6.18 Å². The van der Waals surface area contributed by atoms with E-state index >= 15 is 0 Å². The molecule has 0 saturated heterocycles. The summed E-state index contributed by atoms with van der Waals surface area (Å²) in [5.74, 6) is -0.900. The van der Waals surface area contributed by atoms with E-state index in [0.29, 0.717) is 30.1 Å². The molecule has 0 amide bonds. The second-order valence-corrected chi connectivity index (χ2v) is 6.27. The third-order valence-corrected chi connectivity index (χ3v) is 4.64. The number of alkyl halides is 3. The maximum absolute atomic E-state index is 12.5. The first-order chi connectivity index (χ1) is 11.9. The maximum Gasteiger partial charge on any atom is 0.416 e. The number of unbranched alkanes of at least 4 members (excludes halogenated alkanes) is 3. The van der Waals surface area contributed by atoms with Gasteiger partial charge in [-0.05, 0) is 50.8 Å². The van der Waals surface area contributed by atoms with Crippen molar-refractivity contribution in [2.24, 2.45) is 0 Å². The largest absolute Gasteiger partial charge is 0.416 e. The molecule has 1 aromatic rings. The molecule has 0 unspecified atom stereocenters. The second kappa shape index (κ2) is 11.0. The molecule has 0 heterocycles. The van der Waals surface area contributed by atoms with Gasteiger partial charge in [-0.25, -0.2) is 0 Å². The van der Waals surface area contributed by atoms with Gasteiger partial charge in [0, 0.05) is 19.6 Å². The van der Waals surface area contributed by atoms with E-state index in [1.165, 1.54) is 0 Å². The van der Waals surface area contributed by atoms with Gasteiger partial charge in [0.25, 0.3) is 5.97 Å². The molecule has 0 spiro atoms. The van der Waals surface area contributed by atoms with Gasteiger partial charge in [-0.3, -0.25) is 0 Å². The molecule has 144 valence electrons. The van der Waals surface area contributed by atoms with Crippen LogP contribution in [0.3, 0.4) is 0 Å². The number of benzene rings is 1. The van der Waals surface area contributed by atoms with Crippen molar-refractivity contribution in [1.29, 1.82) is 0 Å². The lowest BCUT2D eigenvalue weighted by Gasteiger charge is -2.31. The highest BCUT2D eigenvalue weighted by molar-refractivity contribution is 5.98. The molecule has 0 atom stereocenters. The second-order valence-electron chi connectivity index (χ2n) is 5.86. The van der Waals surface area contributed by atoms with Gasteiger partial charge < -0.3 is 13.9 Å². The van der Waals surface area contributed by atoms with Crippen molar-refractivity contribution in [1.82, 2.24) is 0 Å². The summed E-state index contributed by atoms with van der Waals surface area (Å²) in [5, 5.41) is 0. The lowest BCUT2D eigenvalue weighted by atomic mass is 10.0. The van der Waals surface area contributed by atoms with Gasteiger partial charge in [0.2, 0.25) is 0 Å². The Balaban J connectivity index is 2.29. The molecule has 0 radical (unpaired) electrons. The summed E-state index contributed by atoms with van der Waals surface area (Å²) in [7, 11) is 0.543. The topological polar surface area (TPSA) is 27.7 Å². The fraction of sp³-hybridized carbons (Fsp3) is 0.667. The summed E-state index contributed by atoms with van der Waals surface area (Å²) in [4.78, 5) is 0. The zero-order valence-electron chi connectivity index (χ0n) is 15.3. The van der Waals surface area contributed by atoms with Crippen LogP contribution in [-0.2, 0) is 26.5 Å². The maximum atomic E-state index is 12.5. The van der Waals surface area contributed by atoms with E-state index in [9.17, 15) is 13.2 Å². The van der Waals surface area contributed by atoms with Crippen molar-refractivity contribution in [2.75, 3.05) is 13.2 Å². The Kier molecular flexibility index (Phi) is 9.71. The summed E-state index contributed by atoms with van der Waals surface area (Å²) in [6.45, 7) is 4.91. The van der Waals surface area contributed by atoms with Crippen LogP contribution in [0.15, 0.2) is 24.3 Å². The van der Waals surface area contributed by atoms with E-state index < -0.39 is 17.7 Å². The quantitative estimate of drug-likeness (QED) is 0.310. The molecular formula is C18H29F3O3Si. The Bertz CT molecular complexity index is 471. The smallest absolute Gasteiger partial charge is 0.380 e. The number of hydrogen-bond donors (Lipinski definition) is 0. The Morgan fingerprint density at radius 2 is 1.44 bits per heavy atom. The monoisotopic (exact) mass is 378 g/mol. The normalized spacial score (nSPS) is 12.7. The van der Waals surface area contributed by atoms with Crippen molar-refractivity contribution in [2.45, 2.75) is 64.5 Å². The van der Waals surface area contributed by atoms with Crippen LogP contribution >= 0.6 is 0 Å². The summed E-state index contributed by atoms with van der Waals surface area (Å²) < 4.78 is 54.4. The minimum atomic E-state index is -4.27. The lowest BCUT2D eigenvalue weighted by Crippen LogP contribution is -2.38. The fourth-order valence-electron chi connectivity index (χ4n) is 2.73. The summed E-state index contributed by atoms with van der Waals surface area (Å²) in [6, 6.07) is 5.42. The van der Waals surface area contributed by atoms with E-state index in [4.69, 9.17) is 13.9 Å². The molecule has 25 heavy (non-hydrogen) atoms. The van der Waals surface area contributed by atoms with Gasteiger partial charge in [-0.1, -0.05) is 25.0 Å². The Morgan fingerprint density at radius 3 is 1.92 bits per heavy atom. The molecule has 0 N–H and O–H groups in total. The molecule has 0 aliphatic carbocycles. The van der Waals surface area contributed by atoms with E-state index in [0.717, 1.165) is 49.8 Å². The highest BCUT2D eigenvalue weighted by Crippen LogP contribution is 2.29. The molecule has 7 heteroatoms. The van der Waals surface area contributed by atoms with Crippen molar-refractivity contribution < 1.29 is 27.1 Å². The van der Waals surface area contributed by atoms with E-state index in [1.54, 1.807) is 12.1 Å². The van der Waals surface area contributed by atoms with Crippen molar-refractivity contribution in [3.05, 3.63) is 35.4 Å². The molecule has 0 aliphatic rings. The van der Waals surface area contributed by atoms with Crippen LogP contribution in [-0.4, -0.2) is 29.7 Å². The molecule has 0 saturated carbocycles. The lowest BCUT2D eigenvalue weighted by molar-refractivity contribution is -0.344. The minimum absolute atomic E-state index is 0.538. The number of rotatable bonds is 12. The molecule has 0 aliphatic heterocycles. The molecule has 1 rings (SSSR count). The van der Waals surface area contributed by atoms with Gasteiger partial charge in [0.1, 0.15) is 0 Å². The van der Waals surface area contributed by atoms with Gasteiger partial charge in [-0.2, -0.15) is 13.2 Å².